The topological polar surface area (TPSA) is 57.3 Å². The lowest BCUT2D eigenvalue weighted by Crippen LogP contribution is -2.41. The van der Waals surface area contributed by atoms with Crippen LogP contribution in [0.1, 0.15) is 30.0 Å². The number of hydrogen-bond donors (Lipinski definition) is 2. The van der Waals surface area contributed by atoms with Crippen LogP contribution in [-0.2, 0) is 11.3 Å². The molecule has 0 bridgehead atoms. The average Bonchev–Trinajstić information content (AvgIpc) is 2.99. The molecule has 3 rings (SSSR count). The van der Waals surface area contributed by atoms with Crippen molar-refractivity contribution in [2.45, 2.75) is 32.7 Å². The van der Waals surface area contributed by atoms with Crippen LogP contribution >= 0.6 is 11.3 Å². The zero-order chi connectivity index (χ0) is 16.1. The molecule has 1 amide bonds. The maximum Gasteiger partial charge on any atom is 0.223 e. The fourth-order valence-electron chi connectivity index (χ4n) is 3.24. The first-order chi connectivity index (χ1) is 11.2. The SMILES string of the molecule is Cc1nc(CN2CCC(C(=O)NCC3=CCNCC3)CC2)cs1. The monoisotopic (exact) mass is 334 g/mol. The summed E-state index contributed by atoms with van der Waals surface area (Å²) in [7, 11) is 0. The summed E-state index contributed by atoms with van der Waals surface area (Å²) < 4.78 is 0. The van der Waals surface area contributed by atoms with Crippen molar-refractivity contribution in [1.82, 2.24) is 20.5 Å². The zero-order valence-electron chi connectivity index (χ0n) is 13.8. The highest BCUT2D eigenvalue weighted by Gasteiger charge is 2.25. The second-order valence-corrected chi connectivity index (χ2v) is 7.50. The van der Waals surface area contributed by atoms with Crippen LogP contribution in [0, 0.1) is 12.8 Å². The molecule has 1 fully saturated rings. The van der Waals surface area contributed by atoms with Crippen LogP contribution in [0.2, 0.25) is 0 Å². The minimum absolute atomic E-state index is 0.172. The maximum absolute atomic E-state index is 12.3. The van der Waals surface area contributed by atoms with Crippen molar-refractivity contribution < 1.29 is 4.79 Å². The molecule has 2 N–H and O–H groups in total. The smallest absolute Gasteiger partial charge is 0.223 e. The van der Waals surface area contributed by atoms with E-state index in [1.807, 2.05) is 6.92 Å². The predicted molar refractivity (Wildman–Crippen MR) is 93.4 cm³/mol. The summed E-state index contributed by atoms with van der Waals surface area (Å²) >= 11 is 1.71. The van der Waals surface area contributed by atoms with Crippen molar-refractivity contribution in [3.8, 4) is 0 Å². The van der Waals surface area contributed by atoms with Gasteiger partial charge in [-0.25, -0.2) is 4.98 Å². The van der Waals surface area contributed by atoms with Gasteiger partial charge in [0.2, 0.25) is 5.91 Å². The number of hydrogen-bond acceptors (Lipinski definition) is 5. The molecule has 1 aromatic heterocycles. The van der Waals surface area contributed by atoms with E-state index in [0.717, 1.165) is 69.2 Å². The molecule has 0 spiro atoms. The van der Waals surface area contributed by atoms with Crippen molar-refractivity contribution in [3.63, 3.8) is 0 Å². The van der Waals surface area contributed by atoms with E-state index in [0.29, 0.717) is 0 Å². The predicted octanol–water partition coefficient (Wildman–Crippen LogP) is 1.70. The molecule has 2 aliphatic heterocycles. The number of thiazole rings is 1. The lowest BCUT2D eigenvalue weighted by Gasteiger charge is -2.30. The van der Waals surface area contributed by atoms with Crippen LogP contribution in [0.25, 0.3) is 0 Å². The van der Waals surface area contributed by atoms with Gasteiger partial charge in [0.25, 0.3) is 0 Å². The van der Waals surface area contributed by atoms with Crippen molar-refractivity contribution in [2.75, 3.05) is 32.7 Å². The van der Waals surface area contributed by atoms with Gasteiger partial charge in [-0.1, -0.05) is 11.6 Å². The Balaban J connectivity index is 1.39. The molecule has 1 aromatic rings. The lowest BCUT2D eigenvalue weighted by molar-refractivity contribution is -0.126. The van der Waals surface area contributed by atoms with Crippen LogP contribution in [0.5, 0.6) is 0 Å². The Morgan fingerprint density at radius 3 is 2.96 bits per heavy atom. The van der Waals surface area contributed by atoms with Gasteiger partial charge in [-0.15, -0.1) is 11.3 Å². The van der Waals surface area contributed by atoms with E-state index in [9.17, 15) is 4.79 Å². The van der Waals surface area contributed by atoms with Gasteiger partial charge in [0, 0.05) is 30.9 Å². The summed E-state index contributed by atoms with van der Waals surface area (Å²) in [6.45, 7) is 7.61. The molecule has 0 aliphatic carbocycles. The van der Waals surface area contributed by atoms with E-state index < -0.39 is 0 Å². The highest BCUT2D eigenvalue weighted by atomic mass is 32.1. The highest BCUT2D eigenvalue weighted by molar-refractivity contribution is 7.09. The van der Waals surface area contributed by atoms with E-state index >= 15 is 0 Å². The van der Waals surface area contributed by atoms with Gasteiger partial charge in [-0.05, 0) is 45.8 Å². The number of nitrogens with zero attached hydrogens (tertiary/aromatic N) is 2. The minimum Gasteiger partial charge on any atom is -0.352 e. The number of rotatable bonds is 5. The number of amides is 1. The largest absolute Gasteiger partial charge is 0.352 e. The summed E-state index contributed by atoms with van der Waals surface area (Å²) in [4.78, 5) is 19.3. The molecular weight excluding hydrogens is 308 g/mol. The molecule has 2 aliphatic rings. The first kappa shape index (κ1) is 16.6. The number of carbonyl (C=O) groups excluding carboxylic acids is 1. The molecule has 0 atom stereocenters. The van der Waals surface area contributed by atoms with Crippen LogP contribution in [-0.4, -0.2) is 48.5 Å². The summed E-state index contributed by atoms with van der Waals surface area (Å²) in [5.41, 5.74) is 2.52. The van der Waals surface area contributed by atoms with Crippen molar-refractivity contribution in [1.29, 1.82) is 0 Å². The molecule has 126 valence electrons. The van der Waals surface area contributed by atoms with E-state index in [1.165, 1.54) is 5.57 Å². The van der Waals surface area contributed by atoms with Crippen LogP contribution in [0.3, 0.4) is 0 Å². The molecule has 0 unspecified atom stereocenters. The first-order valence-corrected chi connectivity index (χ1v) is 9.38. The minimum atomic E-state index is 0.172. The van der Waals surface area contributed by atoms with Crippen LogP contribution in [0.4, 0.5) is 0 Å². The fourth-order valence-corrected chi connectivity index (χ4v) is 3.84. The van der Waals surface area contributed by atoms with Gasteiger partial charge in [-0.2, -0.15) is 0 Å². The maximum atomic E-state index is 12.3. The highest BCUT2D eigenvalue weighted by Crippen LogP contribution is 2.20. The van der Waals surface area contributed by atoms with Gasteiger partial charge in [-0.3, -0.25) is 9.69 Å². The quantitative estimate of drug-likeness (QED) is 0.805. The van der Waals surface area contributed by atoms with Crippen LogP contribution in [0.15, 0.2) is 17.0 Å². The van der Waals surface area contributed by atoms with Gasteiger partial charge < -0.3 is 10.6 Å². The lowest BCUT2D eigenvalue weighted by atomic mass is 9.95. The van der Waals surface area contributed by atoms with Gasteiger partial charge in [0.1, 0.15) is 0 Å². The van der Waals surface area contributed by atoms with Gasteiger partial charge >= 0.3 is 0 Å². The van der Waals surface area contributed by atoms with E-state index in [-0.39, 0.29) is 11.8 Å². The number of carbonyl (C=O) groups is 1. The Bertz CT molecular complexity index is 561. The standard InChI is InChI=1S/C17H26N4OS/c1-13-20-16(12-23-13)11-21-8-4-15(5-9-21)17(22)19-10-14-2-6-18-7-3-14/h2,12,15,18H,3-11H2,1H3,(H,19,22). The molecule has 5 nitrogen and oxygen atoms in total. The Morgan fingerprint density at radius 1 is 1.48 bits per heavy atom. The number of aryl methyl sites for hydroxylation is 1. The molecule has 1 saturated heterocycles. The first-order valence-electron chi connectivity index (χ1n) is 8.50. The average molecular weight is 334 g/mol. The zero-order valence-corrected chi connectivity index (χ0v) is 14.6. The number of nitrogens with one attached hydrogen (secondary N) is 2. The Labute approximate surface area is 142 Å². The number of aromatic nitrogens is 1. The second-order valence-electron chi connectivity index (χ2n) is 6.44. The molecule has 3 heterocycles. The van der Waals surface area contributed by atoms with E-state index in [4.69, 9.17) is 0 Å². The molecular formula is C17H26N4OS. The third-order valence-corrected chi connectivity index (χ3v) is 5.48. The van der Waals surface area contributed by atoms with Crippen LogP contribution < -0.4 is 10.6 Å². The summed E-state index contributed by atoms with van der Waals surface area (Å²) in [6.07, 6.45) is 5.15. The molecule has 23 heavy (non-hydrogen) atoms. The fraction of sp³-hybridized carbons (Fsp3) is 0.647. The summed E-state index contributed by atoms with van der Waals surface area (Å²) in [5.74, 6) is 0.402. The Morgan fingerprint density at radius 2 is 2.30 bits per heavy atom. The normalized spacial score (nSPS) is 20.3. The van der Waals surface area contributed by atoms with Gasteiger partial charge in [0.15, 0.2) is 0 Å². The summed E-state index contributed by atoms with van der Waals surface area (Å²) in [6, 6.07) is 0. The Hall–Kier alpha value is -1.24. The number of piperidine rings is 1. The number of likely N-dealkylation sites (tertiary alicyclic amines) is 1. The molecule has 0 aromatic carbocycles. The Kier molecular flexibility index (Phi) is 5.80. The third kappa shape index (κ3) is 4.86. The second kappa shape index (κ2) is 8.04. The van der Waals surface area contributed by atoms with Crippen molar-refractivity contribution in [2.24, 2.45) is 5.92 Å². The van der Waals surface area contributed by atoms with Crippen molar-refractivity contribution >= 4 is 17.2 Å². The van der Waals surface area contributed by atoms with E-state index in [1.54, 1.807) is 11.3 Å². The van der Waals surface area contributed by atoms with E-state index in [2.05, 4.69) is 32.0 Å². The summed E-state index contributed by atoms with van der Waals surface area (Å²) in [5, 5.41) is 9.68. The van der Waals surface area contributed by atoms with Crippen molar-refractivity contribution in [3.05, 3.63) is 27.7 Å². The van der Waals surface area contributed by atoms with Gasteiger partial charge in [0.05, 0.1) is 10.7 Å². The molecule has 0 saturated carbocycles. The third-order valence-electron chi connectivity index (χ3n) is 4.66. The molecule has 0 radical (unpaired) electrons. The molecule has 6 heteroatoms.